The van der Waals surface area contributed by atoms with E-state index in [1.165, 1.54) is 102 Å². The number of aliphatic hydroxyl groups excluding tert-OH is 1. The van der Waals surface area contributed by atoms with Gasteiger partial charge in [-0.25, -0.2) is 34.7 Å². The summed E-state index contributed by atoms with van der Waals surface area (Å²) >= 11 is 26.8. The number of carbonyl (C=O) groups is 5. The van der Waals surface area contributed by atoms with E-state index in [4.69, 9.17) is 64.4 Å². The number of esters is 1. The summed E-state index contributed by atoms with van der Waals surface area (Å²) in [6, 6.07) is 49.0. The van der Waals surface area contributed by atoms with Crippen LogP contribution in [-0.4, -0.2) is 142 Å². The Hall–Kier alpha value is -6.82. The predicted octanol–water partition coefficient (Wildman–Crippen LogP) is 9.95. The van der Waals surface area contributed by atoms with Crippen LogP contribution in [0.25, 0.3) is 17.2 Å². The van der Waals surface area contributed by atoms with Crippen LogP contribution in [-0.2, 0) is 118 Å². The third-order valence-electron chi connectivity index (χ3n) is 22.9. The number of imide groups is 1. The molecule has 12 N–H and O–H groups in total. The Morgan fingerprint density at radius 1 is 0.565 bits per heavy atom. The number of carbonyl (C=O) groups excluding carboxylic acids is 5. The number of fused-ring (bicyclic) bond motifs is 8. The van der Waals surface area contributed by atoms with E-state index < -0.39 is 22.6 Å². The Morgan fingerprint density at radius 3 is 1.48 bits per heavy atom. The summed E-state index contributed by atoms with van der Waals surface area (Å²) in [7, 11) is 1.95. The molecule has 37 heteroatoms. The molecule has 0 bridgehead atoms. The number of ketones is 2. The van der Waals surface area contributed by atoms with Crippen molar-refractivity contribution in [1.29, 1.82) is 10.5 Å². The van der Waals surface area contributed by atoms with Gasteiger partial charge in [-0.1, -0.05) is 234 Å². The first-order chi connectivity index (χ1) is 61.0. The fraction of sp³-hybridized carbons (Fsp3) is 0.287. The van der Waals surface area contributed by atoms with Crippen molar-refractivity contribution in [2.75, 3.05) is 26.9 Å². The minimum absolute atomic E-state index is 0. The molecule has 5 unspecified atom stereocenters. The number of amidine groups is 2. The molecular weight excluding hydrogens is 2220 g/mol. The fourth-order valence-electron chi connectivity index (χ4n) is 16.8. The van der Waals surface area contributed by atoms with Crippen LogP contribution in [0.3, 0.4) is 0 Å². The molecule has 25 nitrogen and oxygen atoms in total. The normalized spacial score (nSPS) is 20.0. The number of ether oxygens (including phenoxy) is 3. The summed E-state index contributed by atoms with van der Waals surface area (Å²) in [4.78, 5) is 82.8. The maximum atomic E-state index is 11.8. The zero-order valence-electron chi connectivity index (χ0n) is 72.3. The maximum Gasteiger partial charge on any atom is 1.00 e. The van der Waals surface area contributed by atoms with Gasteiger partial charge < -0.3 is 70.5 Å². The van der Waals surface area contributed by atoms with Crippen LogP contribution in [0.15, 0.2) is 230 Å². The number of hydrogen-bond acceptors (Lipinski definition) is 23. The number of methoxy groups -OCH3 is 1. The molecule has 1 fully saturated rings. The standard InChI is InChI=1S/C16H16N4O.C12H13BrN2O.C11H9BrN2O2.C11H12BrNO2.C10H12BrNO.2C9H7BrO.C9H7Br.C4H4BN2O2.CBrN.CN.CH4.B.K.Na.H/c17-15-20-16(9-21-15)5-4-14-11(6-16)2-1-3-13(14)12-7-18-10-19-8-12;13-10-3-1-2-8-6-12(5-4-9(8)10)7-16-11(14)15-12;12-8-3-1-2-6-4-11(5-7(6)8)9(15)13-10(16)14-11;1-15-10(14)11(13)5-7-3-2-4-9(12)8(7)6-11;11-9-3-1-2-7-4-10(12,6-13)5-8(7)9;10-9-3-1-2-6-4-7(11)5-8(6)9;10-8-3-1-2-7-6(8)4-5-9(7)11;10-9-6-2-4-7-3-1-5-8(7)9;8-5-9-4-1-6-3-7-2-4;2-1-3;1-2;;;;;/h1-3,7-8,10H,4-6,9H2,(H2,17,20);1-3H,4-7H2,(H2,14,15);1-3H,4-5H2,(H2,13,14,15,16);2-4H,5-6,13H2,1H3;1-3,13H,4-6,12H2;2*1-3H,4-5H2;1-4,6H,5H2;1-3,8H;;;1H4;;;;/q;;;;;;;;;;-1;;;2*+1;-1. The second-order valence-electron chi connectivity index (χ2n) is 31.3. The number of nitrogens with one attached hydrogen (secondary N) is 2. The second-order valence-corrected chi connectivity index (χ2v) is 37.7. The summed E-state index contributed by atoms with van der Waals surface area (Å²) in [6.45, 7) is 6.02. The number of allylic oxidation sites excluding steroid dienone is 1. The van der Waals surface area contributed by atoms with Gasteiger partial charge in [0, 0.05) is 142 Å². The van der Waals surface area contributed by atoms with Gasteiger partial charge >= 0.3 is 101 Å². The topological polar surface area (TPSA) is 415 Å². The number of aromatic nitrogens is 4. The molecular formula is C94H92B2Br8KN14NaO11. The molecule has 8 aromatic carbocycles. The van der Waals surface area contributed by atoms with E-state index in [0.717, 1.165) is 120 Å². The van der Waals surface area contributed by atoms with Crippen molar-refractivity contribution in [1.82, 2.24) is 30.6 Å². The van der Waals surface area contributed by atoms with Crippen LogP contribution in [0.5, 0.6) is 5.75 Å². The zero-order valence-corrected chi connectivity index (χ0v) is 89.1. The molecule has 3 amide bonds. The van der Waals surface area contributed by atoms with Gasteiger partial charge in [0.05, 0.1) is 26.1 Å². The minimum Gasteiger partial charge on any atom is -1.00 e. The van der Waals surface area contributed by atoms with Crippen molar-refractivity contribution in [2.24, 2.45) is 32.9 Å². The first-order valence-electron chi connectivity index (χ1n) is 40.0. The van der Waals surface area contributed by atoms with E-state index >= 15 is 0 Å². The SMILES string of the molecule is Brc1cccc2c1CC=C2.C.COC(=O)C1(N)Cc2cccc(Br)c2C1.N#CBr.NC1(CO)Cc2cccc(Br)c2C1.NC1=NC2(CCc3c(Br)cccc3C2)CO1.NC1=NC2(CCc3c(cccc3-c3cncnc3)C2)CO1.O=C1CCc2c(Br)cccc21.O=C1Cc2cccc(Br)c2C1.O=C1NC(=O)C2(Cc3cccc(Br)c3C2)N1.O[B]Oc1cncnc1.[B].[C-]#N.[H-].[K+].[Na+]. The summed E-state index contributed by atoms with van der Waals surface area (Å²) in [5, 5.41) is 35.8. The molecule has 3 aliphatic heterocycles. The van der Waals surface area contributed by atoms with E-state index in [1.54, 1.807) is 11.3 Å². The number of Topliss-reactive ketones (excluding diaryl/α,β-unsaturated/α-hetero) is 2. The fourth-order valence-corrected chi connectivity index (χ4v) is 20.7. The number of benzene rings is 8. The van der Waals surface area contributed by atoms with E-state index in [1.807, 2.05) is 97.3 Å². The van der Waals surface area contributed by atoms with Crippen LogP contribution in [0, 0.1) is 22.1 Å². The maximum absolute atomic E-state index is 11.8. The Balaban J connectivity index is 0.000000228. The Labute approximate surface area is 898 Å². The number of hydrogen-bond donors (Lipinski definition) is 8. The van der Waals surface area contributed by atoms with Gasteiger partial charge in [-0.05, 0) is 183 Å². The van der Waals surface area contributed by atoms with Crippen molar-refractivity contribution >= 4 is 191 Å². The third-order valence-corrected chi connectivity index (χ3v) is 28.1. The van der Waals surface area contributed by atoms with Gasteiger partial charge in [-0.3, -0.25) is 24.5 Å². The molecule has 11 aliphatic rings. The second kappa shape index (κ2) is 51.9. The number of nitrogens with two attached hydrogens (primary N) is 4. The molecule has 131 heavy (non-hydrogen) atoms. The van der Waals surface area contributed by atoms with Crippen LogP contribution < -0.4 is 119 Å². The van der Waals surface area contributed by atoms with Gasteiger partial charge in [0.1, 0.15) is 64.5 Å². The molecule has 1 saturated heterocycles. The minimum atomic E-state index is -0.888. The van der Waals surface area contributed by atoms with Crippen molar-refractivity contribution in [3.05, 3.63) is 316 Å². The van der Waals surface area contributed by atoms with Crippen molar-refractivity contribution in [3.8, 4) is 21.9 Å². The number of halogens is 8. The van der Waals surface area contributed by atoms with Crippen molar-refractivity contribution in [2.45, 2.75) is 144 Å². The van der Waals surface area contributed by atoms with Gasteiger partial charge in [-0.2, -0.15) is 5.26 Å². The molecule has 10 aromatic rings. The summed E-state index contributed by atoms with van der Waals surface area (Å²) in [5.74, 6) is 0.458. The predicted molar refractivity (Wildman–Crippen MR) is 527 cm³/mol. The number of urea groups is 1. The zero-order chi connectivity index (χ0) is 91.2. The molecule has 0 saturated carbocycles. The molecule has 2 aromatic heterocycles. The number of amides is 3. The van der Waals surface area contributed by atoms with Gasteiger partial charge in [0.2, 0.25) is 0 Å². The third kappa shape index (κ3) is 28.7. The molecule has 8 aliphatic carbocycles. The summed E-state index contributed by atoms with van der Waals surface area (Å²) in [6.07, 6.45) is 27.4. The Bertz CT molecular complexity index is 5910. The monoisotopic (exact) mass is 2310 g/mol. The molecule has 668 valence electrons. The molecule has 3 spiro atoms. The van der Waals surface area contributed by atoms with Crippen LogP contribution >= 0.6 is 127 Å². The number of rotatable bonds is 5. The molecule has 5 atom stereocenters. The van der Waals surface area contributed by atoms with Crippen molar-refractivity contribution in [3.63, 3.8) is 0 Å². The van der Waals surface area contributed by atoms with Gasteiger partial charge in [-0.15, -0.1) is 0 Å². The summed E-state index contributed by atoms with van der Waals surface area (Å²) < 4.78 is 27.6. The van der Waals surface area contributed by atoms with Crippen LogP contribution in [0.1, 0.15) is 122 Å². The van der Waals surface area contributed by atoms with Gasteiger partial charge in [0.15, 0.2) is 5.78 Å². The number of aliphatic hydroxyl groups is 1. The number of nitriles is 1. The van der Waals surface area contributed by atoms with E-state index in [9.17, 15) is 24.0 Å². The quantitative estimate of drug-likeness (QED) is 0.0343. The van der Waals surface area contributed by atoms with E-state index in [0.29, 0.717) is 89.4 Å². The number of nitrogens with zero attached hydrogens (tertiary/aromatic N) is 8. The first-order valence-corrected chi connectivity index (χ1v) is 46.3. The van der Waals surface area contributed by atoms with Crippen LogP contribution in [0.4, 0.5) is 4.79 Å². The average Bonchev–Trinajstić information content (AvgIpc) is 1.60. The molecule has 5 heterocycles. The van der Waals surface area contributed by atoms with E-state index in [-0.39, 0.29) is 134 Å². The van der Waals surface area contributed by atoms with Gasteiger partial charge in [0.25, 0.3) is 18.0 Å². The van der Waals surface area contributed by atoms with Crippen molar-refractivity contribution < 1.29 is 135 Å². The smallest absolute Gasteiger partial charge is 1.00 e. The first kappa shape index (κ1) is 111. The average molecular weight is 2320 g/mol. The summed E-state index contributed by atoms with van der Waals surface area (Å²) in [5.41, 5.74) is 42.9. The molecule has 21 rings (SSSR count). The molecule has 4 radical (unpaired) electrons. The Morgan fingerprint density at radius 2 is 1.01 bits per heavy atom. The van der Waals surface area contributed by atoms with Crippen LogP contribution in [0.2, 0.25) is 0 Å². The van der Waals surface area contributed by atoms with E-state index in [2.05, 4.69) is 245 Å². The Kier molecular flexibility index (Phi) is 44.1. The largest absolute Gasteiger partial charge is 1.00 e. The number of aliphatic imine (C=N–C) groups is 2.